The van der Waals surface area contributed by atoms with E-state index in [-0.39, 0.29) is 0 Å². The Labute approximate surface area is 176 Å². The average molecular weight is 472 g/mol. The van der Waals surface area contributed by atoms with Crippen LogP contribution in [0.4, 0.5) is 5.69 Å². The van der Waals surface area contributed by atoms with E-state index in [0.29, 0.717) is 34.0 Å². The number of rotatable bonds is 6. The third-order valence-electron chi connectivity index (χ3n) is 3.73. The Kier molecular flexibility index (Phi) is 6.71. The molecule has 2 nitrogen and oxygen atoms in total. The van der Waals surface area contributed by atoms with Crippen LogP contribution >= 0.6 is 50.7 Å². The molecular formula is C20H15BrCl3NO. The first-order valence-corrected chi connectivity index (χ1v) is 9.79. The molecule has 0 saturated carbocycles. The molecule has 0 radical (unpaired) electrons. The molecule has 0 spiro atoms. The molecule has 0 aliphatic carbocycles. The Hall–Kier alpha value is -1.39. The fourth-order valence-electron chi connectivity index (χ4n) is 2.39. The summed E-state index contributed by atoms with van der Waals surface area (Å²) in [5.74, 6) is 0.459. The minimum atomic E-state index is 0.301. The second kappa shape index (κ2) is 9.01. The van der Waals surface area contributed by atoms with E-state index in [1.807, 2.05) is 60.7 Å². The van der Waals surface area contributed by atoms with Gasteiger partial charge in [0.15, 0.2) is 5.75 Å². The third kappa shape index (κ3) is 5.08. The molecule has 0 heterocycles. The maximum Gasteiger partial charge on any atom is 0.156 e. The first kappa shape index (κ1) is 19.4. The molecule has 0 aliphatic heterocycles. The Morgan fingerprint density at radius 2 is 1.50 bits per heavy atom. The Bertz CT molecular complexity index is 877. The molecule has 0 atom stereocenters. The highest BCUT2D eigenvalue weighted by atomic mass is 79.9. The van der Waals surface area contributed by atoms with E-state index >= 15 is 0 Å². The minimum Gasteiger partial charge on any atom is -0.486 e. The van der Waals surface area contributed by atoms with Crippen LogP contribution in [0.5, 0.6) is 5.75 Å². The SMILES string of the molecule is Clc1ccccc1COc1c(Cl)cc(CNc2ccc(Br)cc2)cc1Cl. The lowest BCUT2D eigenvalue weighted by Gasteiger charge is -2.13. The van der Waals surface area contributed by atoms with Gasteiger partial charge in [-0.05, 0) is 48.0 Å². The summed E-state index contributed by atoms with van der Waals surface area (Å²) in [6.45, 7) is 0.904. The van der Waals surface area contributed by atoms with Gasteiger partial charge in [-0.15, -0.1) is 0 Å². The van der Waals surface area contributed by atoms with Crippen molar-refractivity contribution < 1.29 is 4.74 Å². The molecule has 0 bridgehead atoms. The van der Waals surface area contributed by atoms with Crippen molar-refractivity contribution in [1.82, 2.24) is 0 Å². The van der Waals surface area contributed by atoms with Crippen molar-refractivity contribution in [3.63, 3.8) is 0 Å². The van der Waals surface area contributed by atoms with E-state index < -0.39 is 0 Å². The van der Waals surface area contributed by atoms with Crippen LogP contribution in [0.3, 0.4) is 0 Å². The summed E-state index contributed by atoms with van der Waals surface area (Å²) in [6.07, 6.45) is 0. The maximum absolute atomic E-state index is 6.37. The van der Waals surface area contributed by atoms with Crippen LogP contribution < -0.4 is 10.1 Å². The molecular weight excluding hydrogens is 456 g/mol. The molecule has 6 heteroatoms. The van der Waals surface area contributed by atoms with E-state index in [9.17, 15) is 0 Å². The van der Waals surface area contributed by atoms with Gasteiger partial charge < -0.3 is 10.1 Å². The molecule has 3 aromatic rings. The van der Waals surface area contributed by atoms with Crippen molar-refractivity contribution in [2.75, 3.05) is 5.32 Å². The van der Waals surface area contributed by atoms with Crippen LogP contribution in [0.15, 0.2) is 65.1 Å². The number of hydrogen-bond donors (Lipinski definition) is 1. The van der Waals surface area contributed by atoms with Gasteiger partial charge in [0.2, 0.25) is 0 Å². The minimum absolute atomic E-state index is 0.301. The Morgan fingerprint density at radius 1 is 0.846 bits per heavy atom. The number of ether oxygens (including phenoxy) is 1. The lowest BCUT2D eigenvalue weighted by molar-refractivity contribution is 0.306. The molecule has 3 rings (SSSR count). The smallest absolute Gasteiger partial charge is 0.156 e. The lowest BCUT2D eigenvalue weighted by Crippen LogP contribution is -2.01. The summed E-state index contributed by atoms with van der Waals surface area (Å²) in [5.41, 5.74) is 2.86. The maximum atomic E-state index is 6.37. The zero-order valence-corrected chi connectivity index (χ0v) is 17.5. The predicted molar refractivity (Wildman–Crippen MR) is 114 cm³/mol. The zero-order valence-electron chi connectivity index (χ0n) is 13.6. The molecule has 0 amide bonds. The summed E-state index contributed by atoms with van der Waals surface area (Å²) in [4.78, 5) is 0. The second-order valence-corrected chi connectivity index (χ2v) is 7.77. The van der Waals surface area contributed by atoms with Gasteiger partial charge >= 0.3 is 0 Å². The number of anilines is 1. The van der Waals surface area contributed by atoms with Gasteiger partial charge in [-0.1, -0.05) is 68.9 Å². The highest BCUT2D eigenvalue weighted by Gasteiger charge is 2.11. The molecule has 0 saturated heterocycles. The number of hydrogen-bond acceptors (Lipinski definition) is 2. The summed E-state index contributed by atoms with van der Waals surface area (Å²) in [5, 5.41) is 4.92. The van der Waals surface area contributed by atoms with E-state index in [0.717, 1.165) is 21.3 Å². The van der Waals surface area contributed by atoms with Gasteiger partial charge in [0.25, 0.3) is 0 Å². The zero-order chi connectivity index (χ0) is 18.5. The molecule has 0 unspecified atom stereocenters. The van der Waals surface area contributed by atoms with Crippen LogP contribution in [-0.2, 0) is 13.2 Å². The van der Waals surface area contributed by atoms with E-state index in [1.165, 1.54) is 0 Å². The second-order valence-electron chi connectivity index (χ2n) is 5.63. The van der Waals surface area contributed by atoms with Gasteiger partial charge in [0, 0.05) is 27.3 Å². The van der Waals surface area contributed by atoms with Gasteiger partial charge in [-0.3, -0.25) is 0 Å². The van der Waals surface area contributed by atoms with Crippen LogP contribution in [0, 0.1) is 0 Å². The van der Waals surface area contributed by atoms with Crippen molar-refractivity contribution in [1.29, 1.82) is 0 Å². The molecule has 0 aromatic heterocycles. The molecule has 134 valence electrons. The van der Waals surface area contributed by atoms with Crippen LogP contribution in [0.1, 0.15) is 11.1 Å². The van der Waals surface area contributed by atoms with Crippen molar-refractivity contribution >= 4 is 56.4 Å². The number of halogens is 4. The average Bonchev–Trinajstić information content (AvgIpc) is 2.62. The number of nitrogens with one attached hydrogen (secondary N) is 1. The fourth-order valence-corrected chi connectivity index (χ4v) is 3.49. The van der Waals surface area contributed by atoms with E-state index in [1.54, 1.807) is 0 Å². The van der Waals surface area contributed by atoms with Crippen molar-refractivity contribution in [2.45, 2.75) is 13.2 Å². The Morgan fingerprint density at radius 3 is 2.15 bits per heavy atom. The Balaban J connectivity index is 1.67. The molecule has 0 fully saturated rings. The van der Waals surface area contributed by atoms with Gasteiger partial charge in [-0.25, -0.2) is 0 Å². The van der Waals surface area contributed by atoms with Crippen molar-refractivity contribution in [3.8, 4) is 5.75 Å². The van der Waals surface area contributed by atoms with E-state index in [4.69, 9.17) is 39.5 Å². The normalized spacial score (nSPS) is 10.6. The van der Waals surface area contributed by atoms with Crippen LogP contribution in [-0.4, -0.2) is 0 Å². The first-order valence-electron chi connectivity index (χ1n) is 7.86. The van der Waals surface area contributed by atoms with Crippen LogP contribution in [0.25, 0.3) is 0 Å². The topological polar surface area (TPSA) is 21.3 Å². The predicted octanol–water partition coefficient (Wildman–Crippen LogP) is 7.60. The summed E-state index contributed by atoms with van der Waals surface area (Å²) >= 11 is 22.3. The van der Waals surface area contributed by atoms with Gasteiger partial charge in [0.1, 0.15) is 6.61 Å². The van der Waals surface area contributed by atoms with Crippen molar-refractivity contribution in [2.24, 2.45) is 0 Å². The standard InChI is InChI=1S/C20H15BrCl3NO/c21-15-5-7-16(8-6-15)25-11-13-9-18(23)20(19(24)10-13)26-12-14-3-1-2-4-17(14)22/h1-10,25H,11-12H2. The fraction of sp³-hybridized carbons (Fsp3) is 0.100. The summed E-state index contributed by atoms with van der Waals surface area (Å²) < 4.78 is 6.83. The third-order valence-corrected chi connectivity index (χ3v) is 5.19. The van der Waals surface area contributed by atoms with Crippen LogP contribution in [0.2, 0.25) is 15.1 Å². The largest absolute Gasteiger partial charge is 0.486 e. The molecule has 0 aliphatic rings. The molecule has 1 N–H and O–H groups in total. The quantitative estimate of drug-likeness (QED) is 0.400. The summed E-state index contributed by atoms with van der Waals surface area (Å²) in [6, 6.07) is 19.2. The van der Waals surface area contributed by atoms with Gasteiger partial charge in [-0.2, -0.15) is 0 Å². The monoisotopic (exact) mass is 469 g/mol. The van der Waals surface area contributed by atoms with Gasteiger partial charge in [0.05, 0.1) is 10.0 Å². The lowest BCUT2D eigenvalue weighted by atomic mass is 10.2. The highest BCUT2D eigenvalue weighted by molar-refractivity contribution is 9.10. The molecule has 26 heavy (non-hydrogen) atoms. The van der Waals surface area contributed by atoms with E-state index in [2.05, 4.69) is 21.2 Å². The van der Waals surface area contributed by atoms with Crippen molar-refractivity contribution in [3.05, 3.63) is 91.3 Å². The molecule has 3 aromatic carbocycles. The number of benzene rings is 3. The summed E-state index contributed by atoms with van der Waals surface area (Å²) in [7, 11) is 0. The highest BCUT2D eigenvalue weighted by Crippen LogP contribution is 2.35. The first-order chi connectivity index (χ1) is 12.5.